The first-order chi connectivity index (χ1) is 11.6. The first kappa shape index (κ1) is 18.1. The van der Waals surface area contributed by atoms with Crippen LogP contribution in [-0.4, -0.2) is 26.3 Å². The Morgan fingerprint density at radius 1 is 1.17 bits per heavy atom. The molecule has 0 fully saturated rings. The highest BCUT2D eigenvalue weighted by Crippen LogP contribution is 2.28. The molecule has 2 amide bonds. The summed E-state index contributed by atoms with van der Waals surface area (Å²) in [6.07, 6.45) is 0.703. The summed E-state index contributed by atoms with van der Waals surface area (Å²) in [5, 5.41) is 5.63. The molecule has 24 heavy (non-hydrogen) atoms. The fraction of sp³-hybridized carbons (Fsp3) is 0.278. The normalized spacial score (nSPS) is 10.1. The zero-order valence-corrected chi connectivity index (χ0v) is 15.4. The van der Waals surface area contributed by atoms with Gasteiger partial charge in [0.1, 0.15) is 0 Å². The quantitative estimate of drug-likeness (QED) is 0.741. The number of methoxy groups -OCH3 is 1. The van der Waals surface area contributed by atoms with Crippen LogP contribution in [0.3, 0.4) is 0 Å². The van der Waals surface area contributed by atoms with Gasteiger partial charge < -0.3 is 20.1 Å². The number of hydrogen-bond donors (Lipinski definition) is 2. The first-order valence-corrected chi connectivity index (χ1v) is 8.51. The number of anilines is 1. The highest BCUT2D eigenvalue weighted by atomic mass is 79.9. The summed E-state index contributed by atoms with van der Waals surface area (Å²) in [5.41, 5.74) is 1.81. The fourth-order valence-electron chi connectivity index (χ4n) is 2.20. The number of hydrogen-bond acceptors (Lipinski definition) is 3. The van der Waals surface area contributed by atoms with Crippen LogP contribution in [0.2, 0.25) is 0 Å². The van der Waals surface area contributed by atoms with Crippen LogP contribution in [-0.2, 0) is 6.42 Å². The lowest BCUT2D eigenvalue weighted by Crippen LogP contribution is -2.30. The standard InChI is InChI=1S/C18H21BrN2O3/c1-3-24-16-8-7-13(11-17(16)23-2)9-10-20-18(22)21-15-6-4-5-14(19)12-15/h4-8,11-12H,3,9-10H2,1-2H3,(H2,20,21,22). The van der Waals surface area contributed by atoms with Crippen LogP contribution in [0.1, 0.15) is 12.5 Å². The number of halogens is 1. The number of carbonyl (C=O) groups excluding carboxylic acids is 1. The molecule has 0 aliphatic heterocycles. The third-order valence-electron chi connectivity index (χ3n) is 3.31. The van der Waals surface area contributed by atoms with Crippen molar-refractivity contribution in [2.24, 2.45) is 0 Å². The molecule has 0 radical (unpaired) electrons. The van der Waals surface area contributed by atoms with Crippen LogP contribution in [0, 0.1) is 0 Å². The molecule has 0 aliphatic carbocycles. The van der Waals surface area contributed by atoms with Crippen molar-refractivity contribution < 1.29 is 14.3 Å². The maximum Gasteiger partial charge on any atom is 0.319 e. The Labute approximate surface area is 150 Å². The van der Waals surface area contributed by atoms with E-state index in [1.807, 2.05) is 49.4 Å². The maximum absolute atomic E-state index is 11.9. The second-order valence-corrected chi connectivity index (χ2v) is 5.98. The predicted octanol–water partition coefficient (Wildman–Crippen LogP) is 4.22. The van der Waals surface area contributed by atoms with Gasteiger partial charge in [-0.25, -0.2) is 4.79 Å². The Morgan fingerprint density at radius 2 is 2.00 bits per heavy atom. The molecule has 0 aromatic heterocycles. The monoisotopic (exact) mass is 392 g/mol. The molecule has 0 bridgehead atoms. The second-order valence-electron chi connectivity index (χ2n) is 5.06. The average molecular weight is 393 g/mol. The van der Waals surface area contributed by atoms with E-state index in [4.69, 9.17) is 9.47 Å². The van der Waals surface area contributed by atoms with Gasteiger partial charge in [0.25, 0.3) is 0 Å². The first-order valence-electron chi connectivity index (χ1n) is 7.72. The summed E-state index contributed by atoms with van der Waals surface area (Å²) in [7, 11) is 1.62. The molecule has 0 saturated carbocycles. The highest BCUT2D eigenvalue weighted by Gasteiger charge is 2.06. The molecule has 128 valence electrons. The van der Waals surface area contributed by atoms with E-state index in [1.165, 1.54) is 0 Å². The summed E-state index contributed by atoms with van der Waals surface area (Å²) in [5.74, 6) is 1.43. The number of nitrogens with one attached hydrogen (secondary N) is 2. The Bertz CT molecular complexity index is 692. The van der Waals surface area contributed by atoms with Crippen molar-refractivity contribution >= 4 is 27.6 Å². The molecule has 0 atom stereocenters. The van der Waals surface area contributed by atoms with Crippen molar-refractivity contribution in [3.63, 3.8) is 0 Å². The molecule has 5 nitrogen and oxygen atoms in total. The third-order valence-corrected chi connectivity index (χ3v) is 3.80. The van der Waals surface area contributed by atoms with E-state index in [0.717, 1.165) is 21.5 Å². The van der Waals surface area contributed by atoms with E-state index in [0.29, 0.717) is 25.3 Å². The van der Waals surface area contributed by atoms with E-state index in [-0.39, 0.29) is 6.03 Å². The molecular formula is C18H21BrN2O3. The van der Waals surface area contributed by atoms with Gasteiger partial charge >= 0.3 is 6.03 Å². The van der Waals surface area contributed by atoms with Gasteiger partial charge in [-0.15, -0.1) is 0 Å². The van der Waals surface area contributed by atoms with Gasteiger partial charge in [0, 0.05) is 16.7 Å². The molecule has 0 aliphatic rings. The molecule has 0 heterocycles. The van der Waals surface area contributed by atoms with Crippen molar-refractivity contribution in [2.45, 2.75) is 13.3 Å². The number of carbonyl (C=O) groups is 1. The lowest BCUT2D eigenvalue weighted by Gasteiger charge is -2.11. The zero-order valence-electron chi connectivity index (χ0n) is 13.8. The Kier molecular flexibility index (Phi) is 6.93. The number of rotatable bonds is 7. The highest BCUT2D eigenvalue weighted by molar-refractivity contribution is 9.10. The van der Waals surface area contributed by atoms with Crippen LogP contribution >= 0.6 is 15.9 Å². The van der Waals surface area contributed by atoms with Crippen molar-refractivity contribution in [3.8, 4) is 11.5 Å². The lowest BCUT2D eigenvalue weighted by molar-refractivity contribution is 0.252. The number of ether oxygens (including phenoxy) is 2. The smallest absolute Gasteiger partial charge is 0.319 e. The summed E-state index contributed by atoms with van der Waals surface area (Å²) >= 11 is 3.37. The van der Waals surface area contributed by atoms with Gasteiger partial charge in [0.15, 0.2) is 11.5 Å². The van der Waals surface area contributed by atoms with Crippen LogP contribution in [0.25, 0.3) is 0 Å². The molecule has 0 spiro atoms. The van der Waals surface area contributed by atoms with Crippen molar-refractivity contribution in [3.05, 3.63) is 52.5 Å². The summed E-state index contributed by atoms with van der Waals surface area (Å²) in [4.78, 5) is 11.9. The second kappa shape index (κ2) is 9.17. The molecule has 0 saturated heterocycles. The zero-order chi connectivity index (χ0) is 17.4. The number of amides is 2. The Morgan fingerprint density at radius 3 is 2.71 bits per heavy atom. The molecule has 2 rings (SSSR count). The SMILES string of the molecule is CCOc1ccc(CCNC(=O)Nc2cccc(Br)c2)cc1OC. The van der Waals surface area contributed by atoms with Crippen molar-refractivity contribution in [2.75, 3.05) is 25.6 Å². The summed E-state index contributed by atoms with van der Waals surface area (Å²) < 4.78 is 11.7. The van der Waals surface area contributed by atoms with E-state index in [2.05, 4.69) is 26.6 Å². The molecular weight excluding hydrogens is 372 g/mol. The molecule has 2 aromatic rings. The molecule has 0 unspecified atom stereocenters. The van der Waals surface area contributed by atoms with Crippen LogP contribution in [0.4, 0.5) is 10.5 Å². The summed E-state index contributed by atoms with van der Waals surface area (Å²) in [6.45, 7) is 3.05. The maximum atomic E-state index is 11.9. The van der Waals surface area contributed by atoms with Gasteiger partial charge in [0.05, 0.1) is 13.7 Å². The minimum Gasteiger partial charge on any atom is -0.493 e. The number of benzene rings is 2. The van der Waals surface area contributed by atoms with E-state index in [9.17, 15) is 4.79 Å². The summed E-state index contributed by atoms with van der Waals surface area (Å²) in [6, 6.07) is 13.0. The number of urea groups is 1. The van der Waals surface area contributed by atoms with Crippen LogP contribution < -0.4 is 20.1 Å². The predicted molar refractivity (Wildman–Crippen MR) is 99.0 cm³/mol. The van der Waals surface area contributed by atoms with Crippen molar-refractivity contribution in [1.82, 2.24) is 5.32 Å². The minimum atomic E-state index is -0.231. The topological polar surface area (TPSA) is 59.6 Å². The van der Waals surface area contributed by atoms with E-state index in [1.54, 1.807) is 7.11 Å². The third kappa shape index (κ3) is 5.45. The van der Waals surface area contributed by atoms with E-state index < -0.39 is 0 Å². The molecule has 6 heteroatoms. The van der Waals surface area contributed by atoms with Crippen LogP contribution in [0.15, 0.2) is 46.9 Å². The van der Waals surface area contributed by atoms with Gasteiger partial charge in [-0.1, -0.05) is 28.1 Å². The lowest BCUT2D eigenvalue weighted by atomic mass is 10.1. The Balaban J connectivity index is 1.84. The average Bonchev–Trinajstić information content (AvgIpc) is 2.56. The van der Waals surface area contributed by atoms with Gasteiger partial charge in [-0.2, -0.15) is 0 Å². The minimum absolute atomic E-state index is 0.231. The Hall–Kier alpha value is -2.21. The van der Waals surface area contributed by atoms with Gasteiger partial charge in [0.2, 0.25) is 0 Å². The van der Waals surface area contributed by atoms with Gasteiger partial charge in [-0.3, -0.25) is 0 Å². The fourth-order valence-corrected chi connectivity index (χ4v) is 2.60. The molecule has 2 aromatic carbocycles. The molecule has 2 N–H and O–H groups in total. The van der Waals surface area contributed by atoms with Gasteiger partial charge in [-0.05, 0) is 49.2 Å². The van der Waals surface area contributed by atoms with Crippen LogP contribution in [0.5, 0.6) is 11.5 Å². The van der Waals surface area contributed by atoms with E-state index >= 15 is 0 Å². The van der Waals surface area contributed by atoms with Crippen molar-refractivity contribution in [1.29, 1.82) is 0 Å². The largest absolute Gasteiger partial charge is 0.493 e.